The summed E-state index contributed by atoms with van der Waals surface area (Å²) in [6, 6.07) is 16.1. The molecule has 0 amide bonds. The first kappa shape index (κ1) is 12.6. The van der Waals surface area contributed by atoms with Crippen LogP contribution in [0, 0.1) is 0 Å². The van der Waals surface area contributed by atoms with Crippen LogP contribution < -0.4 is 4.74 Å². The van der Waals surface area contributed by atoms with Gasteiger partial charge in [-0.15, -0.1) is 0 Å². The third-order valence-electron chi connectivity index (χ3n) is 2.76. The van der Waals surface area contributed by atoms with Crippen molar-refractivity contribution in [2.45, 2.75) is 0 Å². The Labute approximate surface area is 120 Å². The maximum absolute atomic E-state index is 9.83. The molecule has 3 rings (SSSR count). The van der Waals surface area contributed by atoms with E-state index in [2.05, 4.69) is 5.10 Å². The first-order chi connectivity index (χ1) is 9.75. The number of para-hydroxylation sites is 3. The quantitative estimate of drug-likeness (QED) is 0.791. The number of aromatic hydroxyl groups is 1. The Morgan fingerprint density at radius 3 is 2.45 bits per heavy atom. The molecule has 0 aliphatic heterocycles. The summed E-state index contributed by atoms with van der Waals surface area (Å²) in [5, 5.41) is 14.3. The van der Waals surface area contributed by atoms with Crippen LogP contribution in [0.3, 0.4) is 0 Å². The molecule has 0 saturated heterocycles. The van der Waals surface area contributed by atoms with E-state index in [0.717, 1.165) is 0 Å². The number of aromatic nitrogens is 2. The van der Waals surface area contributed by atoms with Gasteiger partial charge in [0, 0.05) is 0 Å². The van der Waals surface area contributed by atoms with E-state index < -0.39 is 0 Å². The molecule has 20 heavy (non-hydrogen) atoms. The van der Waals surface area contributed by atoms with E-state index in [9.17, 15) is 5.11 Å². The zero-order valence-electron chi connectivity index (χ0n) is 10.4. The van der Waals surface area contributed by atoms with Crippen LogP contribution in [0.1, 0.15) is 0 Å². The Kier molecular flexibility index (Phi) is 3.31. The topological polar surface area (TPSA) is 47.3 Å². The summed E-state index contributed by atoms with van der Waals surface area (Å²) in [5.74, 6) is 1.20. The van der Waals surface area contributed by atoms with E-state index in [0.29, 0.717) is 22.3 Å². The summed E-state index contributed by atoms with van der Waals surface area (Å²) < 4.78 is 7.08. The minimum atomic E-state index is 0.101. The Morgan fingerprint density at radius 1 is 1.00 bits per heavy atom. The van der Waals surface area contributed by atoms with Crippen LogP contribution in [-0.4, -0.2) is 14.9 Å². The van der Waals surface area contributed by atoms with E-state index in [1.54, 1.807) is 24.3 Å². The number of rotatable bonds is 3. The SMILES string of the molecule is Oc1ccccc1-n1ncc(Oc2ccccc2)c1Cl. The normalized spacial score (nSPS) is 10.4. The molecule has 1 N–H and O–H groups in total. The van der Waals surface area contributed by atoms with Gasteiger partial charge in [-0.25, -0.2) is 4.68 Å². The molecule has 0 fully saturated rings. The molecule has 0 atom stereocenters. The van der Waals surface area contributed by atoms with Gasteiger partial charge in [0.2, 0.25) is 0 Å². The molecule has 0 radical (unpaired) electrons. The maximum Gasteiger partial charge on any atom is 0.184 e. The van der Waals surface area contributed by atoms with Gasteiger partial charge < -0.3 is 9.84 Å². The summed E-state index contributed by atoms with van der Waals surface area (Å²) in [6.07, 6.45) is 1.52. The van der Waals surface area contributed by atoms with Crippen molar-refractivity contribution in [3.63, 3.8) is 0 Å². The molecule has 5 heteroatoms. The van der Waals surface area contributed by atoms with Gasteiger partial charge in [0.05, 0.1) is 6.20 Å². The predicted octanol–water partition coefficient (Wildman–Crippen LogP) is 4.02. The van der Waals surface area contributed by atoms with Gasteiger partial charge in [-0.3, -0.25) is 0 Å². The van der Waals surface area contributed by atoms with Crippen LogP contribution in [0.2, 0.25) is 5.15 Å². The molecular weight excluding hydrogens is 276 g/mol. The molecular formula is C15H11ClN2O2. The lowest BCUT2D eigenvalue weighted by Crippen LogP contribution is -1.96. The van der Waals surface area contributed by atoms with Gasteiger partial charge in [-0.05, 0) is 24.3 Å². The summed E-state index contributed by atoms with van der Waals surface area (Å²) in [7, 11) is 0. The lowest BCUT2D eigenvalue weighted by molar-refractivity contribution is 0.469. The van der Waals surface area contributed by atoms with Gasteiger partial charge in [0.1, 0.15) is 17.2 Å². The Bertz CT molecular complexity index is 726. The largest absolute Gasteiger partial charge is 0.506 e. The summed E-state index contributed by atoms with van der Waals surface area (Å²) in [4.78, 5) is 0. The zero-order chi connectivity index (χ0) is 13.9. The van der Waals surface area contributed by atoms with Crippen molar-refractivity contribution < 1.29 is 9.84 Å². The highest BCUT2D eigenvalue weighted by Gasteiger charge is 2.14. The molecule has 1 aromatic heterocycles. The van der Waals surface area contributed by atoms with Crippen LogP contribution in [0.4, 0.5) is 0 Å². The van der Waals surface area contributed by atoms with E-state index in [4.69, 9.17) is 16.3 Å². The van der Waals surface area contributed by atoms with Gasteiger partial charge in [-0.1, -0.05) is 41.9 Å². The molecule has 0 bridgehead atoms. The molecule has 0 saturated carbocycles. The fourth-order valence-electron chi connectivity index (χ4n) is 1.81. The maximum atomic E-state index is 9.83. The van der Waals surface area contributed by atoms with Crippen LogP contribution in [-0.2, 0) is 0 Å². The first-order valence-electron chi connectivity index (χ1n) is 6.00. The predicted molar refractivity (Wildman–Crippen MR) is 76.8 cm³/mol. The van der Waals surface area contributed by atoms with Crippen molar-refractivity contribution >= 4 is 11.6 Å². The number of hydrogen-bond donors (Lipinski definition) is 1. The number of hydrogen-bond acceptors (Lipinski definition) is 3. The van der Waals surface area contributed by atoms with Crippen LogP contribution >= 0.6 is 11.6 Å². The molecule has 2 aromatic carbocycles. The van der Waals surface area contributed by atoms with Crippen molar-refractivity contribution in [3.05, 3.63) is 65.9 Å². The van der Waals surface area contributed by atoms with Crippen LogP contribution in [0.25, 0.3) is 5.69 Å². The van der Waals surface area contributed by atoms with E-state index in [1.807, 2.05) is 30.3 Å². The number of phenolic OH excluding ortho intramolecular Hbond substituents is 1. The molecule has 1 heterocycles. The Balaban J connectivity index is 1.95. The molecule has 4 nitrogen and oxygen atoms in total. The van der Waals surface area contributed by atoms with Crippen molar-refractivity contribution in [1.29, 1.82) is 0 Å². The highest BCUT2D eigenvalue weighted by molar-refractivity contribution is 6.31. The summed E-state index contributed by atoms with van der Waals surface area (Å²) in [6.45, 7) is 0. The first-order valence-corrected chi connectivity index (χ1v) is 6.38. The molecule has 3 aromatic rings. The van der Waals surface area contributed by atoms with Crippen molar-refractivity contribution in [1.82, 2.24) is 9.78 Å². The third-order valence-corrected chi connectivity index (χ3v) is 3.11. The van der Waals surface area contributed by atoms with Gasteiger partial charge in [0.25, 0.3) is 0 Å². The van der Waals surface area contributed by atoms with E-state index in [-0.39, 0.29) is 5.75 Å². The average Bonchev–Trinajstić information content (AvgIpc) is 2.82. The van der Waals surface area contributed by atoms with E-state index in [1.165, 1.54) is 10.9 Å². The van der Waals surface area contributed by atoms with Crippen molar-refractivity contribution in [2.24, 2.45) is 0 Å². The van der Waals surface area contributed by atoms with Crippen LogP contribution in [0.5, 0.6) is 17.2 Å². The second-order valence-corrected chi connectivity index (χ2v) is 4.47. The fourth-order valence-corrected chi connectivity index (χ4v) is 2.04. The molecule has 0 aliphatic rings. The summed E-state index contributed by atoms with van der Waals surface area (Å²) >= 11 is 6.25. The third kappa shape index (κ3) is 2.33. The lowest BCUT2D eigenvalue weighted by atomic mass is 10.3. The second-order valence-electron chi connectivity index (χ2n) is 4.12. The number of ether oxygens (including phenoxy) is 1. The van der Waals surface area contributed by atoms with E-state index >= 15 is 0 Å². The lowest BCUT2D eigenvalue weighted by Gasteiger charge is -2.06. The Morgan fingerprint density at radius 2 is 1.70 bits per heavy atom. The zero-order valence-corrected chi connectivity index (χ0v) is 11.2. The number of halogens is 1. The molecule has 0 spiro atoms. The molecule has 0 aliphatic carbocycles. The monoisotopic (exact) mass is 286 g/mol. The fraction of sp³-hybridized carbons (Fsp3) is 0. The highest BCUT2D eigenvalue weighted by atomic mass is 35.5. The number of phenols is 1. The second kappa shape index (κ2) is 5.27. The smallest absolute Gasteiger partial charge is 0.184 e. The number of nitrogens with zero attached hydrogens (tertiary/aromatic N) is 2. The standard InChI is InChI=1S/C15H11ClN2O2/c16-15-14(20-11-6-2-1-3-7-11)10-17-18(15)12-8-4-5-9-13(12)19/h1-10,19H. The average molecular weight is 287 g/mol. The van der Waals surface area contributed by atoms with Gasteiger partial charge in [-0.2, -0.15) is 5.10 Å². The van der Waals surface area contributed by atoms with Crippen molar-refractivity contribution in [2.75, 3.05) is 0 Å². The minimum absolute atomic E-state index is 0.101. The Hall–Kier alpha value is -2.46. The van der Waals surface area contributed by atoms with Crippen LogP contribution in [0.15, 0.2) is 60.8 Å². The summed E-state index contributed by atoms with van der Waals surface area (Å²) in [5.41, 5.74) is 0.500. The molecule has 100 valence electrons. The van der Waals surface area contributed by atoms with Crippen molar-refractivity contribution in [3.8, 4) is 22.9 Å². The van der Waals surface area contributed by atoms with Gasteiger partial charge in [0.15, 0.2) is 10.9 Å². The number of benzene rings is 2. The molecule has 0 unspecified atom stereocenters. The van der Waals surface area contributed by atoms with Gasteiger partial charge >= 0.3 is 0 Å². The minimum Gasteiger partial charge on any atom is -0.506 e. The highest BCUT2D eigenvalue weighted by Crippen LogP contribution is 2.32.